The quantitative estimate of drug-likeness (QED) is 0.753. The molecule has 0 bridgehead atoms. The van der Waals surface area contributed by atoms with Gasteiger partial charge < -0.3 is 15.3 Å². The Morgan fingerprint density at radius 2 is 1.86 bits per heavy atom. The van der Waals surface area contributed by atoms with Crippen LogP contribution in [-0.2, 0) is 6.42 Å². The van der Waals surface area contributed by atoms with Crippen LogP contribution < -0.4 is 5.73 Å². The molecule has 22 heavy (non-hydrogen) atoms. The first kappa shape index (κ1) is 14.8. The predicted molar refractivity (Wildman–Crippen MR) is 89.6 cm³/mol. The monoisotopic (exact) mass is 295 g/mol. The van der Waals surface area contributed by atoms with Gasteiger partial charge in [-0.3, -0.25) is 0 Å². The minimum Gasteiger partial charge on any atom is -0.456 e. The molecule has 3 N–H and O–H groups in total. The van der Waals surface area contributed by atoms with Crippen LogP contribution >= 0.6 is 0 Å². The molecule has 3 aromatic rings. The van der Waals surface area contributed by atoms with Gasteiger partial charge in [-0.1, -0.05) is 36.4 Å². The standard InChI is InChI=1S/C19H21NO2/c1-19(20,13-21)10-9-14-7-8-17-16(11-14)12-18(22-17)15-5-3-2-4-6-15/h2-8,11-12,21H,9-10,13,20H2,1H3/t19-/m1/s1. The summed E-state index contributed by atoms with van der Waals surface area (Å²) in [5, 5.41) is 10.3. The zero-order chi connectivity index (χ0) is 15.6. The van der Waals surface area contributed by atoms with Crippen molar-refractivity contribution in [1.82, 2.24) is 0 Å². The third-order valence-corrected chi connectivity index (χ3v) is 3.99. The third kappa shape index (κ3) is 3.21. The van der Waals surface area contributed by atoms with Crippen LogP contribution in [0.3, 0.4) is 0 Å². The smallest absolute Gasteiger partial charge is 0.135 e. The summed E-state index contributed by atoms with van der Waals surface area (Å²) < 4.78 is 5.91. The number of furan rings is 1. The summed E-state index contributed by atoms with van der Waals surface area (Å²) in [6.45, 7) is 1.87. The van der Waals surface area contributed by atoms with Crippen molar-refractivity contribution >= 4 is 11.0 Å². The second-order valence-corrected chi connectivity index (χ2v) is 6.16. The largest absolute Gasteiger partial charge is 0.456 e. The fraction of sp³-hybridized carbons (Fsp3) is 0.263. The van der Waals surface area contributed by atoms with Gasteiger partial charge >= 0.3 is 0 Å². The third-order valence-electron chi connectivity index (χ3n) is 3.99. The van der Waals surface area contributed by atoms with E-state index in [9.17, 15) is 5.11 Å². The molecule has 3 nitrogen and oxygen atoms in total. The molecule has 0 saturated heterocycles. The molecule has 0 unspecified atom stereocenters. The topological polar surface area (TPSA) is 59.4 Å². The zero-order valence-corrected chi connectivity index (χ0v) is 12.8. The zero-order valence-electron chi connectivity index (χ0n) is 12.8. The molecule has 0 radical (unpaired) electrons. The van der Waals surface area contributed by atoms with Gasteiger partial charge in [-0.15, -0.1) is 0 Å². The predicted octanol–water partition coefficient (Wildman–Crippen LogP) is 3.74. The van der Waals surface area contributed by atoms with E-state index in [4.69, 9.17) is 10.2 Å². The summed E-state index contributed by atoms with van der Waals surface area (Å²) >= 11 is 0. The van der Waals surface area contributed by atoms with E-state index in [0.29, 0.717) is 0 Å². The highest BCUT2D eigenvalue weighted by Gasteiger charge is 2.16. The number of fused-ring (bicyclic) bond motifs is 1. The van der Waals surface area contributed by atoms with Gasteiger partial charge in [-0.2, -0.15) is 0 Å². The number of hydrogen-bond donors (Lipinski definition) is 2. The fourth-order valence-corrected chi connectivity index (χ4v) is 2.50. The van der Waals surface area contributed by atoms with Crippen molar-refractivity contribution in [2.45, 2.75) is 25.3 Å². The van der Waals surface area contributed by atoms with Crippen molar-refractivity contribution < 1.29 is 9.52 Å². The van der Waals surface area contributed by atoms with Gasteiger partial charge in [0.1, 0.15) is 11.3 Å². The van der Waals surface area contributed by atoms with Crippen LogP contribution in [0.2, 0.25) is 0 Å². The van der Waals surface area contributed by atoms with Crippen molar-refractivity contribution in [2.75, 3.05) is 6.61 Å². The summed E-state index contributed by atoms with van der Waals surface area (Å²) in [5.74, 6) is 0.881. The molecule has 3 rings (SSSR count). The number of benzene rings is 2. The van der Waals surface area contributed by atoms with Gasteiger partial charge in [0, 0.05) is 16.5 Å². The highest BCUT2D eigenvalue weighted by molar-refractivity contribution is 5.83. The van der Waals surface area contributed by atoms with Gasteiger partial charge in [-0.05, 0) is 43.5 Å². The number of aryl methyl sites for hydroxylation is 1. The van der Waals surface area contributed by atoms with Crippen molar-refractivity contribution in [1.29, 1.82) is 0 Å². The maximum absolute atomic E-state index is 9.23. The molecule has 1 aromatic heterocycles. The van der Waals surface area contributed by atoms with E-state index in [1.807, 2.05) is 43.3 Å². The molecule has 2 aromatic carbocycles. The van der Waals surface area contributed by atoms with E-state index in [1.165, 1.54) is 5.56 Å². The first-order valence-corrected chi connectivity index (χ1v) is 7.55. The van der Waals surface area contributed by atoms with Gasteiger partial charge in [0.2, 0.25) is 0 Å². The Hall–Kier alpha value is -2.10. The minimum absolute atomic E-state index is 0.000883. The van der Waals surface area contributed by atoms with Gasteiger partial charge in [0.25, 0.3) is 0 Å². The minimum atomic E-state index is -0.527. The summed E-state index contributed by atoms with van der Waals surface area (Å²) in [7, 11) is 0. The molecule has 0 saturated carbocycles. The first-order valence-electron chi connectivity index (χ1n) is 7.55. The fourth-order valence-electron chi connectivity index (χ4n) is 2.50. The summed E-state index contributed by atoms with van der Waals surface area (Å²) in [4.78, 5) is 0. The Bertz CT molecular complexity index is 759. The van der Waals surface area contributed by atoms with E-state index < -0.39 is 5.54 Å². The van der Waals surface area contributed by atoms with E-state index >= 15 is 0 Å². The van der Waals surface area contributed by atoms with Crippen molar-refractivity contribution in [3.63, 3.8) is 0 Å². The number of nitrogens with two attached hydrogens (primary N) is 1. The van der Waals surface area contributed by atoms with Gasteiger partial charge in [-0.25, -0.2) is 0 Å². The van der Waals surface area contributed by atoms with Crippen molar-refractivity contribution in [3.05, 3.63) is 60.2 Å². The van der Waals surface area contributed by atoms with E-state index in [1.54, 1.807) is 0 Å². The molecule has 3 heteroatoms. The molecule has 0 aliphatic carbocycles. The van der Waals surface area contributed by atoms with Gasteiger partial charge in [0.15, 0.2) is 0 Å². The summed E-state index contributed by atoms with van der Waals surface area (Å²) in [5.41, 5.74) is 8.64. The average Bonchev–Trinajstić information content (AvgIpc) is 2.97. The lowest BCUT2D eigenvalue weighted by molar-refractivity contribution is 0.200. The Kier molecular flexibility index (Phi) is 4.01. The van der Waals surface area contributed by atoms with Crippen LogP contribution in [0.25, 0.3) is 22.3 Å². The Morgan fingerprint density at radius 1 is 1.09 bits per heavy atom. The molecule has 1 heterocycles. The van der Waals surface area contributed by atoms with E-state index in [2.05, 4.69) is 18.2 Å². The average molecular weight is 295 g/mol. The Labute approximate surface area is 130 Å². The Balaban J connectivity index is 1.85. The lowest BCUT2D eigenvalue weighted by Crippen LogP contribution is -2.40. The second kappa shape index (κ2) is 5.95. The highest BCUT2D eigenvalue weighted by atomic mass is 16.3. The highest BCUT2D eigenvalue weighted by Crippen LogP contribution is 2.28. The van der Waals surface area contributed by atoms with E-state index in [-0.39, 0.29) is 6.61 Å². The van der Waals surface area contributed by atoms with Crippen LogP contribution in [0.5, 0.6) is 0 Å². The SMILES string of the molecule is C[C@](N)(CO)CCc1ccc2oc(-c3ccccc3)cc2c1. The lowest BCUT2D eigenvalue weighted by atomic mass is 9.95. The number of aliphatic hydroxyl groups excluding tert-OH is 1. The molecule has 0 fully saturated rings. The van der Waals surface area contributed by atoms with Crippen LogP contribution in [0.1, 0.15) is 18.9 Å². The first-order chi connectivity index (χ1) is 10.6. The van der Waals surface area contributed by atoms with Crippen LogP contribution in [0, 0.1) is 0 Å². The summed E-state index contributed by atoms with van der Waals surface area (Å²) in [6, 6.07) is 18.4. The van der Waals surface area contributed by atoms with Crippen LogP contribution in [0.4, 0.5) is 0 Å². The number of aliphatic hydroxyl groups is 1. The maximum Gasteiger partial charge on any atom is 0.135 e. The summed E-state index contributed by atoms with van der Waals surface area (Å²) in [6.07, 6.45) is 1.59. The normalized spacial score (nSPS) is 14.1. The van der Waals surface area contributed by atoms with Crippen LogP contribution in [0.15, 0.2) is 59.0 Å². The molecule has 0 aliphatic heterocycles. The lowest BCUT2D eigenvalue weighted by Gasteiger charge is -2.21. The molecular weight excluding hydrogens is 274 g/mol. The number of rotatable bonds is 5. The van der Waals surface area contributed by atoms with E-state index in [0.717, 1.165) is 35.1 Å². The molecule has 0 aliphatic rings. The van der Waals surface area contributed by atoms with Crippen LogP contribution in [-0.4, -0.2) is 17.3 Å². The Morgan fingerprint density at radius 3 is 2.59 bits per heavy atom. The van der Waals surface area contributed by atoms with Crippen molar-refractivity contribution in [3.8, 4) is 11.3 Å². The van der Waals surface area contributed by atoms with Crippen molar-refractivity contribution in [2.24, 2.45) is 5.73 Å². The molecule has 0 spiro atoms. The molecule has 0 amide bonds. The van der Waals surface area contributed by atoms with Gasteiger partial charge in [0.05, 0.1) is 6.61 Å². The number of hydrogen-bond acceptors (Lipinski definition) is 3. The molecular formula is C19H21NO2. The molecule has 114 valence electrons. The maximum atomic E-state index is 9.23. The molecule has 1 atom stereocenters. The second-order valence-electron chi connectivity index (χ2n) is 6.16.